The van der Waals surface area contributed by atoms with Gasteiger partial charge in [-0.3, -0.25) is 0 Å². The topological polar surface area (TPSA) is 101 Å². The number of pyridine rings is 1. The van der Waals surface area contributed by atoms with E-state index in [2.05, 4.69) is 43.6 Å². The van der Waals surface area contributed by atoms with Crippen molar-refractivity contribution in [2.24, 2.45) is 0 Å². The summed E-state index contributed by atoms with van der Waals surface area (Å²) in [6, 6.07) is 7.86. The van der Waals surface area contributed by atoms with Gasteiger partial charge >= 0.3 is 0 Å². The van der Waals surface area contributed by atoms with Crippen LogP contribution in [0.5, 0.6) is 0 Å². The third kappa shape index (κ3) is 3.94. The Hall–Kier alpha value is -2.97. The molecule has 0 saturated carbocycles. The zero-order valence-electron chi connectivity index (χ0n) is 16.4. The minimum atomic E-state index is -0.0930. The molecule has 29 heavy (non-hydrogen) atoms. The lowest BCUT2D eigenvalue weighted by Crippen LogP contribution is -2.23. The SMILES string of the molecule is COCC(C)Nc1nc2c(Cl)cccc2cc1[C@H](C)Nc1ncnc2nc[nH]c12. The van der Waals surface area contributed by atoms with Gasteiger partial charge in [-0.1, -0.05) is 23.7 Å². The molecule has 0 aliphatic heterocycles. The van der Waals surface area contributed by atoms with Gasteiger partial charge in [-0.05, 0) is 26.0 Å². The van der Waals surface area contributed by atoms with Crippen LogP contribution in [0.4, 0.5) is 11.6 Å². The van der Waals surface area contributed by atoms with Crippen LogP contribution in [0, 0.1) is 0 Å². The number of fused-ring (bicyclic) bond motifs is 2. The highest BCUT2D eigenvalue weighted by molar-refractivity contribution is 6.35. The summed E-state index contributed by atoms with van der Waals surface area (Å²) >= 11 is 6.38. The van der Waals surface area contributed by atoms with Crippen molar-refractivity contribution in [1.82, 2.24) is 24.9 Å². The Kier molecular flexibility index (Phi) is 5.46. The van der Waals surface area contributed by atoms with E-state index in [4.69, 9.17) is 21.3 Å². The molecule has 2 atom stereocenters. The number of methoxy groups -OCH3 is 1. The first-order valence-electron chi connectivity index (χ1n) is 9.32. The highest BCUT2D eigenvalue weighted by atomic mass is 35.5. The molecule has 3 heterocycles. The number of H-pyrrole nitrogens is 1. The molecule has 0 saturated heterocycles. The summed E-state index contributed by atoms with van der Waals surface area (Å²) in [5.41, 5.74) is 3.13. The van der Waals surface area contributed by atoms with Gasteiger partial charge in [0, 0.05) is 24.1 Å². The molecule has 4 aromatic rings. The zero-order valence-corrected chi connectivity index (χ0v) is 17.2. The van der Waals surface area contributed by atoms with Gasteiger partial charge in [0.05, 0.1) is 29.5 Å². The molecular formula is C20H22ClN7O. The van der Waals surface area contributed by atoms with E-state index >= 15 is 0 Å². The van der Waals surface area contributed by atoms with E-state index in [1.54, 1.807) is 13.4 Å². The van der Waals surface area contributed by atoms with E-state index in [0.29, 0.717) is 23.1 Å². The fourth-order valence-electron chi connectivity index (χ4n) is 3.31. The van der Waals surface area contributed by atoms with Gasteiger partial charge in [-0.25, -0.2) is 19.9 Å². The number of rotatable bonds is 7. The van der Waals surface area contributed by atoms with Crippen molar-refractivity contribution in [3.63, 3.8) is 0 Å². The molecule has 0 bridgehead atoms. The summed E-state index contributed by atoms with van der Waals surface area (Å²) < 4.78 is 5.26. The van der Waals surface area contributed by atoms with Crippen molar-refractivity contribution in [3.8, 4) is 0 Å². The minimum absolute atomic E-state index is 0.0803. The largest absolute Gasteiger partial charge is 0.383 e. The van der Waals surface area contributed by atoms with E-state index in [-0.39, 0.29) is 12.1 Å². The van der Waals surface area contributed by atoms with Gasteiger partial charge in [0.2, 0.25) is 0 Å². The van der Waals surface area contributed by atoms with Crippen LogP contribution in [0.1, 0.15) is 25.5 Å². The van der Waals surface area contributed by atoms with Crippen LogP contribution in [-0.4, -0.2) is 44.7 Å². The normalized spacial score (nSPS) is 13.5. The maximum absolute atomic E-state index is 6.38. The molecule has 1 aromatic carbocycles. The summed E-state index contributed by atoms with van der Waals surface area (Å²) in [6.45, 7) is 4.66. The fourth-order valence-corrected chi connectivity index (χ4v) is 3.53. The van der Waals surface area contributed by atoms with Crippen LogP contribution in [0.3, 0.4) is 0 Å². The van der Waals surface area contributed by atoms with Crippen molar-refractivity contribution in [1.29, 1.82) is 0 Å². The quantitative estimate of drug-likeness (QED) is 0.419. The second-order valence-electron chi connectivity index (χ2n) is 6.93. The molecule has 9 heteroatoms. The summed E-state index contributed by atoms with van der Waals surface area (Å²) in [5.74, 6) is 1.44. The molecule has 4 rings (SSSR count). The number of anilines is 2. The lowest BCUT2D eigenvalue weighted by Gasteiger charge is -2.22. The van der Waals surface area contributed by atoms with Gasteiger partial charge in [-0.15, -0.1) is 0 Å². The number of benzene rings is 1. The van der Waals surface area contributed by atoms with Gasteiger partial charge in [0.25, 0.3) is 0 Å². The van der Waals surface area contributed by atoms with E-state index in [0.717, 1.165) is 27.8 Å². The lowest BCUT2D eigenvalue weighted by atomic mass is 10.1. The van der Waals surface area contributed by atoms with Gasteiger partial charge in [0.15, 0.2) is 11.5 Å². The van der Waals surface area contributed by atoms with Crippen molar-refractivity contribution >= 4 is 45.3 Å². The molecule has 1 unspecified atom stereocenters. The Morgan fingerprint density at radius 2 is 2.00 bits per heavy atom. The summed E-state index contributed by atoms with van der Waals surface area (Å²) in [4.78, 5) is 20.6. The van der Waals surface area contributed by atoms with Crippen LogP contribution in [0.2, 0.25) is 5.02 Å². The molecule has 150 valence electrons. The highest BCUT2D eigenvalue weighted by Crippen LogP contribution is 2.32. The number of hydrogen-bond donors (Lipinski definition) is 3. The number of nitrogens with zero attached hydrogens (tertiary/aromatic N) is 4. The Balaban J connectivity index is 1.74. The van der Waals surface area contributed by atoms with Crippen LogP contribution in [0.15, 0.2) is 36.9 Å². The minimum Gasteiger partial charge on any atom is -0.383 e. The summed E-state index contributed by atoms with van der Waals surface area (Å²) in [6.07, 6.45) is 3.10. The Bertz CT molecular complexity index is 1150. The van der Waals surface area contributed by atoms with Gasteiger partial charge in [-0.2, -0.15) is 0 Å². The number of halogens is 1. The maximum atomic E-state index is 6.38. The number of ether oxygens (including phenoxy) is 1. The molecule has 0 aliphatic rings. The van der Waals surface area contributed by atoms with Crippen molar-refractivity contribution in [2.75, 3.05) is 24.4 Å². The standard InChI is InChI=1S/C20H22ClN7O/c1-11(8-29-3)26-18-14(7-13-5-4-6-15(21)16(13)28-18)12(2)27-20-17-19(23-9-22-17)24-10-25-20/h4-7,9-12H,8H2,1-3H3,(H,26,28)(H2,22,23,24,25,27)/t11?,12-/m0/s1. The van der Waals surface area contributed by atoms with E-state index in [1.165, 1.54) is 6.33 Å². The first kappa shape index (κ1) is 19.4. The molecule has 3 N–H and O–H groups in total. The highest BCUT2D eigenvalue weighted by Gasteiger charge is 2.18. The monoisotopic (exact) mass is 411 g/mol. The molecular weight excluding hydrogens is 390 g/mol. The smallest absolute Gasteiger partial charge is 0.182 e. The van der Waals surface area contributed by atoms with Gasteiger partial charge < -0.3 is 20.4 Å². The molecule has 0 amide bonds. The van der Waals surface area contributed by atoms with Crippen LogP contribution in [0.25, 0.3) is 22.1 Å². The third-order valence-corrected chi connectivity index (χ3v) is 4.97. The molecule has 3 aromatic heterocycles. The Morgan fingerprint density at radius 3 is 2.83 bits per heavy atom. The van der Waals surface area contributed by atoms with Crippen molar-refractivity contribution in [3.05, 3.63) is 47.5 Å². The number of nitrogens with one attached hydrogen (secondary N) is 3. The summed E-state index contributed by atoms with van der Waals surface area (Å²) in [5, 5.41) is 8.48. The number of aromatic amines is 1. The number of imidazole rings is 1. The Morgan fingerprint density at radius 1 is 1.14 bits per heavy atom. The fraction of sp³-hybridized carbons (Fsp3) is 0.300. The third-order valence-electron chi connectivity index (χ3n) is 4.67. The predicted molar refractivity (Wildman–Crippen MR) is 115 cm³/mol. The second kappa shape index (κ2) is 8.18. The number of hydrogen-bond acceptors (Lipinski definition) is 7. The molecule has 0 aliphatic carbocycles. The number of para-hydroxylation sites is 1. The second-order valence-corrected chi connectivity index (χ2v) is 7.34. The molecule has 0 fully saturated rings. The first-order chi connectivity index (χ1) is 14.1. The Labute approximate surface area is 173 Å². The van der Waals surface area contributed by atoms with Crippen LogP contribution < -0.4 is 10.6 Å². The van der Waals surface area contributed by atoms with Crippen molar-refractivity contribution in [2.45, 2.75) is 25.9 Å². The van der Waals surface area contributed by atoms with Crippen LogP contribution >= 0.6 is 11.6 Å². The predicted octanol–water partition coefficient (Wildman–Crippen LogP) is 4.17. The van der Waals surface area contributed by atoms with Crippen molar-refractivity contribution < 1.29 is 4.74 Å². The number of aromatic nitrogens is 5. The average Bonchev–Trinajstić information content (AvgIpc) is 3.18. The van der Waals surface area contributed by atoms with E-state index in [9.17, 15) is 0 Å². The van der Waals surface area contributed by atoms with Gasteiger partial charge in [0.1, 0.15) is 17.7 Å². The molecule has 0 spiro atoms. The summed E-state index contributed by atoms with van der Waals surface area (Å²) in [7, 11) is 1.68. The molecule has 0 radical (unpaired) electrons. The first-order valence-corrected chi connectivity index (χ1v) is 9.70. The maximum Gasteiger partial charge on any atom is 0.182 e. The van der Waals surface area contributed by atoms with E-state index < -0.39 is 0 Å². The average molecular weight is 412 g/mol. The molecule has 8 nitrogen and oxygen atoms in total. The van der Waals surface area contributed by atoms with Crippen LogP contribution in [-0.2, 0) is 4.74 Å². The van der Waals surface area contributed by atoms with E-state index in [1.807, 2.05) is 25.1 Å². The lowest BCUT2D eigenvalue weighted by molar-refractivity contribution is 0.190. The zero-order chi connectivity index (χ0) is 20.4.